The molecule has 1 N–H and O–H groups in total. The number of rotatable bonds is 5. The van der Waals surface area contributed by atoms with Crippen molar-refractivity contribution in [2.45, 2.75) is 90.3 Å². The van der Waals surface area contributed by atoms with E-state index in [2.05, 4.69) is 31.0 Å². The predicted molar refractivity (Wildman–Crippen MR) is 83.7 cm³/mol. The van der Waals surface area contributed by atoms with E-state index in [-0.39, 0.29) is 6.04 Å². The molecule has 0 spiro atoms. The summed E-state index contributed by atoms with van der Waals surface area (Å²) >= 11 is 0. The Labute approximate surface area is 124 Å². The average Bonchev–Trinajstić information content (AvgIpc) is 2.92. The molecule has 1 heterocycles. The lowest BCUT2D eigenvalue weighted by molar-refractivity contribution is -0.136. The van der Waals surface area contributed by atoms with E-state index in [1.165, 1.54) is 38.5 Å². The maximum atomic E-state index is 12.9. The highest BCUT2D eigenvalue weighted by Gasteiger charge is 2.32. The lowest BCUT2D eigenvalue weighted by Crippen LogP contribution is -2.53. The second kappa shape index (κ2) is 7.44. The van der Waals surface area contributed by atoms with Crippen molar-refractivity contribution in [2.75, 3.05) is 6.54 Å². The highest BCUT2D eigenvalue weighted by Crippen LogP contribution is 2.26. The molecule has 3 nitrogen and oxygen atoms in total. The number of piperidine rings is 1. The molecule has 0 bridgehead atoms. The summed E-state index contributed by atoms with van der Waals surface area (Å²) in [5, 5.41) is 3.52. The van der Waals surface area contributed by atoms with Crippen molar-refractivity contribution in [3.63, 3.8) is 0 Å². The molecule has 3 heteroatoms. The molecule has 0 aromatic carbocycles. The van der Waals surface area contributed by atoms with Crippen LogP contribution in [0.5, 0.6) is 0 Å². The van der Waals surface area contributed by atoms with Crippen molar-refractivity contribution in [1.82, 2.24) is 10.2 Å². The lowest BCUT2D eigenvalue weighted by Gasteiger charge is -2.36. The van der Waals surface area contributed by atoms with Gasteiger partial charge in [0.1, 0.15) is 0 Å². The lowest BCUT2D eigenvalue weighted by atomic mass is 9.97. The first-order valence-electron chi connectivity index (χ1n) is 8.64. The average molecular weight is 280 g/mol. The van der Waals surface area contributed by atoms with Crippen LogP contribution in [0.2, 0.25) is 0 Å². The normalized spacial score (nSPS) is 28.0. The standard InChI is InChI=1S/C17H32N2O/c1-13(2)11-12-19(15-8-4-5-9-15)17(20)16-10-6-7-14(3)18-16/h13-16,18H,4-12H2,1-3H3. The van der Waals surface area contributed by atoms with E-state index in [0.29, 0.717) is 23.9 Å². The number of carbonyl (C=O) groups is 1. The molecule has 2 atom stereocenters. The third-order valence-corrected chi connectivity index (χ3v) is 4.91. The summed E-state index contributed by atoms with van der Waals surface area (Å²) in [6.45, 7) is 7.65. The molecular formula is C17H32N2O. The summed E-state index contributed by atoms with van der Waals surface area (Å²) in [6, 6.07) is 1.08. The van der Waals surface area contributed by atoms with E-state index in [0.717, 1.165) is 19.4 Å². The molecule has 2 rings (SSSR count). The van der Waals surface area contributed by atoms with Crippen molar-refractivity contribution < 1.29 is 4.79 Å². The van der Waals surface area contributed by atoms with Crippen LogP contribution in [0.1, 0.15) is 72.1 Å². The molecule has 116 valence electrons. The SMILES string of the molecule is CC(C)CCN(C(=O)C1CCCC(C)N1)C1CCCC1. The minimum absolute atomic E-state index is 0.0755. The fourth-order valence-electron chi connectivity index (χ4n) is 3.62. The fourth-order valence-corrected chi connectivity index (χ4v) is 3.62. The van der Waals surface area contributed by atoms with Crippen LogP contribution in [-0.2, 0) is 4.79 Å². The minimum atomic E-state index is 0.0755. The van der Waals surface area contributed by atoms with Crippen molar-refractivity contribution in [1.29, 1.82) is 0 Å². The zero-order chi connectivity index (χ0) is 14.5. The molecule has 1 aliphatic heterocycles. The van der Waals surface area contributed by atoms with Gasteiger partial charge in [-0.05, 0) is 51.4 Å². The minimum Gasteiger partial charge on any atom is -0.338 e. The van der Waals surface area contributed by atoms with Crippen molar-refractivity contribution in [3.05, 3.63) is 0 Å². The fraction of sp³-hybridized carbons (Fsp3) is 0.941. The van der Waals surface area contributed by atoms with Gasteiger partial charge < -0.3 is 10.2 Å². The first kappa shape index (κ1) is 15.8. The van der Waals surface area contributed by atoms with Crippen LogP contribution in [0.3, 0.4) is 0 Å². The van der Waals surface area contributed by atoms with Gasteiger partial charge in [0, 0.05) is 18.6 Å². The van der Waals surface area contributed by atoms with Gasteiger partial charge in [-0.15, -0.1) is 0 Å². The third kappa shape index (κ3) is 4.21. The first-order chi connectivity index (χ1) is 9.58. The molecule has 1 saturated heterocycles. The summed E-state index contributed by atoms with van der Waals surface area (Å²) in [4.78, 5) is 15.1. The highest BCUT2D eigenvalue weighted by atomic mass is 16.2. The highest BCUT2D eigenvalue weighted by molar-refractivity contribution is 5.82. The Morgan fingerprint density at radius 1 is 1.15 bits per heavy atom. The summed E-state index contributed by atoms with van der Waals surface area (Å²) in [5.74, 6) is 1.05. The molecule has 1 saturated carbocycles. The van der Waals surface area contributed by atoms with Gasteiger partial charge in [0.15, 0.2) is 0 Å². The quantitative estimate of drug-likeness (QED) is 0.837. The number of hydrogen-bond donors (Lipinski definition) is 1. The number of hydrogen-bond acceptors (Lipinski definition) is 2. The summed E-state index contributed by atoms with van der Waals surface area (Å²) < 4.78 is 0. The van der Waals surface area contributed by atoms with Gasteiger partial charge in [-0.2, -0.15) is 0 Å². The van der Waals surface area contributed by atoms with Gasteiger partial charge in [-0.3, -0.25) is 4.79 Å². The molecule has 0 aromatic heterocycles. The number of nitrogens with zero attached hydrogens (tertiary/aromatic N) is 1. The molecule has 0 aromatic rings. The van der Waals surface area contributed by atoms with Crippen LogP contribution < -0.4 is 5.32 Å². The van der Waals surface area contributed by atoms with E-state index in [1.807, 2.05) is 0 Å². The van der Waals surface area contributed by atoms with Crippen LogP contribution in [0.4, 0.5) is 0 Å². The van der Waals surface area contributed by atoms with Crippen molar-refractivity contribution in [2.24, 2.45) is 5.92 Å². The zero-order valence-corrected chi connectivity index (χ0v) is 13.5. The zero-order valence-electron chi connectivity index (χ0n) is 13.5. The predicted octanol–water partition coefficient (Wildman–Crippen LogP) is 3.33. The summed E-state index contributed by atoms with van der Waals surface area (Å²) in [6.07, 6.45) is 9.57. The molecule has 2 aliphatic rings. The largest absolute Gasteiger partial charge is 0.338 e. The van der Waals surface area contributed by atoms with Crippen LogP contribution >= 0.6 is 0 Å². The molecule has 0 radical (unpaired) electrons. The van der Waals surface area contributed by atoms with E-state index in [9.17, 15) is 4.79 Å². The molecular weight excluding hydrogens is 248 g/mol. The smallest absolute Gasteiger partial charge is 0.239 e. The van der Waals surface area contributed by atoms with Gasteiger partial charge in [0.05, 0.1) is 6.04 Å². The Morgan fingerprint density at radius 2 is 1.85 bits per heavy atom. The Kier molecular flexibility index (Phi) is 5.88. The molecule has 2 unspecified atom stereocenters. The molecule has 20 heavy (non-hydrogen) atoms. The maximum absolute atomic E-state index is 12.9. The second-order valence-electron chi connectivity index (χ2n) is 7.20. The van der Waals surface area contributed by atoms with Crippen LogP contribution in [-0.4, -0.2) is 35.5 Å². The Morgan fingerprint density at radius 3 is 2.45 bits per heavy atom. The van der Waals surface area contributed by atoms with Crippen molar-refractivity contribution in [3.8, 4) is 0 Å². The van der Waals surface area contributed by atoms with E-state index >= 15 is 0 Å². The molecule has 2 fully saturated rings. The summed E-state index contributed by atoms with van der Waals surface area (Å²) in [5.41, 5.74) is 0. The van der Waals surface area contributed by atoms with Gasteiger partial charge in [-0.1, -0.05) is 26.7 Å². The summed E-state index contributed by atoms with van der Waals surface area (Å²) in [7, 11) is 0. The third-order valence-electron chi connectivity index (χ3n) is 4.91. The monoisotopic (exact) mass is 280 g/mol. The van der Waals surface area contributed by atoms with Crippen molar-refractivity contribution >= 4 is 5.91 Å². The Hall–Kier alpha value is -0.570. The van der Waals surface area contributed by atoms with Gasteiger partial charge in [-0.25, -0.2) is 0 Å². The Balaban J connectivity index is 1.98. The number of nitrogens with one attached hydrogen (secondary N) is 1. The number of amides is 1. The molecule has 1 amide bonds. The van der Waals surface area contributed by atoms with E-state index < -0.39 is 0 Å². The first-order valence-corrected chi connectivity index (χ1v) is 8.64. The van der Waals surface area contributed by atoms with Crippen LogP contribution in [0.25, 0.3) is 0 Å². The van der Waals surface area contributed by atoms with Crippen LogP contribution in [0, 0.1) is 5.92 Å². The van der Waals surface area contributed by atoms with Gasteiger partial charge in [0.2, 0.25) is 5.91 Å². The molecule has 1 aliphatic carbocycles. The second-order valence-corrected chi connectivity index (χ2v) is 7.20. The maximum Gasteiger partial charge on any atom is 0.239 e. The van der Waals surface area contributed by atoms with E-state index in [4.69, 9.17) is 0 Å². The Bertz CT molecular complexity index is 310. The van der Waals surface area contributed by atoms with Crippen LogP contribution in [0.15, 0.2) is 0 Å². The topological polar surface area (TPSA) is 32.3 Å². The number of carbonyl (C=O) groups excluding carboxylic acids is 1. The van der Waals surface area contributed by atoms with E-state index in [1.54, 1.807) is 0 Å². The van der Waals surface area contributed by atoms with Gasteiger partial charge in [0.25, 0.3) is 0 Å². The van der Waals surface area contributed by atoms with Gasteiger partial charge >= 0.3 is 0 Å².